The standard InChI is InChI=1S/C23H21BrN2O3/c1-17-6-8-19(9-7-17)15-28-20-12-10-18(11-13-20)14-25-26-23(27)16-29-22-5-3-2-4-21(22)24/h2-14H,15-16H2,1H3,(H,26,27)/b25-14+. The molecule has 0 spiro atoms. The number of rotatable bonds is 8. The first-order valence-corrected chi connectivity index (χ1v) is 9.87. The zero-order valence-electron chi connectivity index (χ0n) is 16.0. The Hall–Kier alpha value is -3.12. The largest absolute Gasteiger partial charge is 0.489 e. The van der Waals surface area contributed by atoms with Crippen LogP contribution in [0.3, 0.4) is 0 Å². The van der Waals surface area contributed by atoms with Crippen LogP contribution in [-0.4, -0.2) is 18.7 Å². The number of nitrogens with zero attached hydrogens (tertiary/aromatic N) is 1. The monoisotopic (exact) mass is 452 g/mol. The minimum atomic E-state index is -0.338. The summed E-state index contributed by atoms with van der Waals surface area (Å²) in [6.45, 7) is 2.45. The van der Waals surface area contributed by atoms with Crippen LogP contribution in [-0.2, 0) is 11.4 Å². The highest BCUT2D eigenvalue weighted by molar-refractivity contribution is 9.10. The van der Waals surface area contributed by atoms with Crippen LogP contribution >= 0.6 is 15.9 Å². The van der Waals surface area contributed by atoms with E-state index in [4.69, 9.17) is 9.47 Å². The molecular formula is C23H21BrN2O3. The van der Waals surface area contributed by atoms with E-state index in [0.29, 0.717) is 12.4 Å². The number of benzene rings is 3. The molecule has 0 aromatic heterocycles. The topological polar surface area (TPSA) is 59.9 Å². The first-order valence-electron chi connectivity index (χ1n) is 9.08. The number of nitrogens with one attached hydrogen (secondary N) is 1. The van der Waals surface area contributed by atoms with Crippen molar-refractivity contribution in [3.63, 3.8) is 0 Å². The van der Waals surface area contributed by atoms with Crippen LogP contribution in [0, 0.1) is 6.92 Å². The number of ether oxygens (including phenoxy) is 2. The predicted octanol–water partition coefficient (Wildman–Crippen LogP) is 4.87. The summed E-state index contributed by atoms with van der Waals surface area (Å²) in [5.74, 6) is 1.04. The third-order valence-electron chi connectivity index (χ3n) is 4.00. The molecule has 3 aromatic rings. The molecule has 0 aliphatic carbocycles. The van der Waals surface area contributed by atoms with Gasteiger partial charge in [0.15, 0.2) is 6.61 Å². The molecule has 0 saturated carbocycles. The second-order valence-corrected chi connectivity index (χ2v) is 7.21. The molecule has 148 valence electrons. The quantitative estimate of drug-likeness (QED) is 0.391. The molecule has 5 nitrogen and oxygen atoms in total. The van der Waals surface area contributed by atoms with Crippen molar-refractivity contribution in [2.45, 2.75) is 13.5 Å². The first-order chi connectivity index (χ1) is 14.1. The van der Waals surface area contributed by atoms with Crippen LogP contribution in [0.5, 0.6) is 11.5 Å². The molecule has 1 amide bonds. The summed E-state index contributed by atoms with van der Waals surface area (Å²) in [6.07, 6.45) is 1.57. The number of carbonyl (C=O) groups excluding carboxylic acids is 1. The molecule has 0 aliphatic rings. The van der Waals surface area contributed by atoms with Crippen molar-refractivity contribution in [2.75, 3.05) is 6.61 Å². The molecule has 0 aliphatic heterocycles. The van der Waals surface area contributed by atoms with Gasteiger partial charge in [-0.3, -0.25) is 4.79 Å². The molecule has 29 heavy (non-hydrogen) atoms. The van der Waals surface area contributed by atoms with Gasteiger partial charge in [0.1, 0.15) is 18.1 Å². The molecule has 0 unspecified atom stereocenters. The zero-order chi connectivity index (χ0) is 20.5. The van der Waals surface area contributed by atoms with E-state index in [1.54, 1.807) is 12.3 Å². The molecule has 0 bridgehead atoms. The number of aryl methyl sites for hydroxylation is 1. The lowest BCUT2D eigenvalue weighted by molar-refractivity contribution is -0.123. The Labute approximate surface area is 178 Å². The van der Waals surface area contributed by atoms with Crippen LogP contribution < -0.4 is 14.9 Å². The molecule has 6 heteroatoms. The zero-order valence-corrected chi connectivity index (χ0v) is 17.6. The summed E-state index contributed by atoms with van der Waals surface area (Å²) in [4.78, 5) is 11.8. The van der Waals surface area contributed by atoms with E-state index >= 15 is 0 Å². The van der Waals surface area contributed by atoms with Gasteiger partial charge in [0.2, 0.25) is 0 Å². The fourth-order valence-corrected chi connectivity index (χ4v) is 2.82. The molecule has 0 heterocycles. The van der Waals surface area contributed by atoms with Crippen LogP contribution in [0.25, 0.3) is 0 Å². The Morgan fingerprint density at radius 1 is 1.00 bits per heavy atom. The van der Waals surface area contributed by atoms with Crippen LogP contribution in [0.15, 0.2) is 82.4 Å². The number of amides is 1. The second kappa shape index (κ2) is 10.4. The highest BCUT2D eigenvalue weighted by Gasteiger charge is 2.04. The Kier molecular flexibility index (Phi) is 7.41. The maximum absolute atomic E-state index is 11.8. The van der Waals surface area contributed by atoms with E-state index in [2.05, 4.69) is 57.6 Å². The summed E-state index contributed by atoms with van der Waals surface area (Å²) in [6, 6.07) is 23.1. The fourth-order valence-electron chi connectivity index (χ4n) is 2.42. The van der Waals surface area contributed by atoms with Crippen LogP contribution in [0.4, 0.5) is 0 Å². The van der Waals surface area contributed by atoms with Crippen molar-refractivity contribution in [1.82, 2.24) is 5.43 Å². The van der Waals surface area contributed by atoms with Crippen molar-refractivity contribution in [3.8, 4) is 11.5 Å². The third-order valence-corrected chi connectivity index (χ3v) is 4.66. The third kappa shape index (κ3) is 6.76. The van der Waals surface area contributed by atoms with Gasteiger partial charge in [0, 0.05) is 0 Å². The SMILES string of the molecule is Cc1ccc(COc2ccc(/C=N/NC(=O)COc3ccccc3Br)cc2)cc1. The highest BCUT2D eigenvalue weighted by atomic mass is 79.9. The van der Waals surface area contributed by atoms with Gasteiger partial charge < -0.3 is 9.47 Å². The van der Waals surface area contributed by atoms with E-state index < -0.39 is 0 Å². The maximum atomic E-state index is 11.8. The first kappa shape index (κ1) is 20.6. The average molecular weight is 453 g/mol. The van der Waals surface area contributed by atoms with E-state index in [0.717, 1.165) is 21.3 Å². The molecule has 0 saturated heterocycles. The normalized spacial score (nSPS) is 10.7. The van der Waals surface area contributed by atoms with Crippen molar-refractivity contribution in [1.29, 1.82) is 0 Å². The van der Waals surface area contributed by atoms with Crippen molar-refractivity contribution < 1.29 is 14.3 Å². The Bertz CT molecular complexity index is 970. The predicted molar refractivity (Wildman–Crippen MR) is 117 cm³/mol. The van der Waals surface area contributed by atoms with Gasteiger partial charge in [-0.25, -0.2) is 5.43 Å². The van der Waals surface area contributed by atoms with E-state index in [-0.39, 0.29) is 12.5 Å². The molecule has 1 N–H and O–H groups in total. The molecule has 3 rings (SSSR count). The lowest BCUT2D eigenvalue weighted by atomic mass is 10.2. The lowest BCUT2D eigenvalue weighted by Gasteiger charge is -2.07. The summed E-state index contributed by atoms with van der Waals surface area (Å²) in [7, 11) is 0. The summed E-state index contributed by atoms with van der Waals surface area (Å²) in [5, 5.41) is 3.95. The number of hydrogen-bond donors (Lipinski definition) is 1. The lowest BCUT2D eigenvalue weighted by Crippen LogP contribution is -2.24. The second-order valence-electron chi connectivity index (χ2n) is 6.36. The molecule has 0 radical (unpaired) electrons. The fraction of sp³-hybridized carbons (Fsp3) is 0.130. The van der Waals surface area contributed by atoms with Crippen LogP contribution in [0.2, 0.25) is 0 Å². The average Bonchev–Trinajstić information content (AvgIpc) is 2.74. The van der Waals surface area contributed by atoms with Gasteiger partial charge in [-0.05, 0) is 70.4 Å². The van der Waals surface area contributed by atoms with Gasteiger partial charge in [0.25, 0.3) is 5.91 Å². The summed E-state index contributed by atoms with van der Waals surface area (Å²) < 4.78 is 12.0. The van der Waals surface area contributed by atoms with Gasteiger partial charge in [-0.2, -0.15) is 5.10 Å². The number of carbonyl (C=O) groups is 1. The summed E-state index contributed by atoms with van der Waals surface area (Å²) >= 11 is 3.37. The Morgan fingerprint density at radius 3 is 2.45 bits per heavy atom. The Balaban J connectivity index is 1.42. The maximum Gasteiger partial charge on any atom is 0.277 e. The van der Waals surface area contributed by atoms with E-state index in [1.165, 1.54) is 5.56 Å². The molecule has 0 atom stereocenters. The van der Waals surface area contributed by atoms with E-state index in [1.807, 2.05) is 42.5 Å². The number of hydrogen-bond acceptors (Lipinski definition) is 4. The van der Waals surface area contributed by atoms with Crippen molar-refractivity contribution >= 4 is 28.1 Å². The van der Waals surface area contributed by atoms with Gasteiger partial charge in [-0.1, -0.05) is 42.0 Å². The Morgan fingerprint density at radius 2 is 1.72 bits per heavy atom. The van der Waals surface area contributed by atoms with Crippen molar-refractivity contribution in [2.24, 2.45) is 5.10 Å². The minimum Gasteiger partial charge on any atom is -0.489 e. The molecule has 0 fully saturated rings. The van der Waals surface area contributed by atoms with Gasteiger partial charge in [0.05, 0.1) is 10.7 Å². The number of halogens is 1. The number of para-hydroxylation sites is 1. The molecular weight excluding hydrogens is 432 g/mol. The van der Waals surface area contributed by atoms with Gasteiger partial charge in [-0.15, -0.1) is 0 Å². The summed E-state index contributed by atoms with van der Waals surface area (Å²) in [5.41, 5.74) is 5.64. The number of hydrazone groups is 1. The molecule has 3 aromatic carbocycles. The highest BCUT2D eigenvalue weighted by Crippen LogP contribution is 2.23. The van der Waals surface area contributed by atoms with E-state index in [9.17, 15) is 4.79 Å². The smallest absolute Gasteiger partial charge is 0.277 e. The van der Waals surface area contributed by atoms with Gasteiger partial charge >= 0.3 is 0 Å². The minimum absolute atomic E-state index is 0.119. The van der Waals surface area contributed by atoms with Crippen LogP contribution in [0.1, 0.15) is 16.7 Å². The van der Waals surface area contributed by atoms with Crippen molar-refractivity contribution in [3.05, 3.63) is 94.0 Å².